The van der Waals surface area contributed by atoms with Gasteiger partial charge in [0.05, 0.1) is 34.6 Å². The molecular weight excluding hydrogens is 366 g/mol. The molecule has 1 amide bonds. The molecular formula is C22H23N5O2. The molecule has 0 aliphatic carbocycles. The van der Waals surface area contributed by atoms with Crippen molar-refractivity contribution in [1.82, 2.24) is 25.5 Å². The normalized spacial score (nSPS) is 12.5. The molecule has 4 rings (SSSR count). The number of aromatic nitrogens is 4. The first kappa shape index (κ1) is 18.9. The van der Waals surface area contributed by atoms with Crippen molar-refractivity contribution in [3.63, 3.8) is 0 Å². The predicted octanol–water partition coefficient (Wildman–Crippen LogP) is 3.25. The second kappa shape index (κ2) is 7.87. The van der Waals surface area contributed by atoms with Crippen molar-refractivity contribution in [3.05, 3.63) is 70.4 Å². The number of benzene rings is 2. The summed E-state index contributed by atoms with van der Waals surface area (Å²) >= 11 is 0. The van der Waals surface area contributed by atoms with Crippen LogP contribution in [0.4, 0.5) is 0 Å². The Morgan fingerprint density at radius 3 is 2.55 bits per heavy atom. The van der Waals surface area contributed by atoms with Crippen molar-refractivity contribution < 1.29 is 4.79 Å². The number of fused-ring (bicyclic) bond motifs is 2. The number of hydrogen-bond acceptors (Lipinski definition) is 4. The number of carbonyl (C=O) groups is 1. The molecule has 1 atom stereocenters. The Morgan fingerprint density at radius 1 is 1.07 bits per heavy atom. The van der Waals surface area contributed by atoms with E-state index in [1.165, 1.54) is 0 Å². The van der Waals surface area contributed by atoms with Crippen LogP contribution in [-0.4, -0.2) is 26.1 Å². The molecule has 2 aromatic carbocycles. The van der Waals surface area contributed by atoms with E-state index in [1.807, 2.05) is 36.4 Å². The molecule has 0 saturated carbocycles. The summed E-state index contributed by atoms with van der Waals surface area (Å²) < 4.78 is 0. The quantitative estimate of drug-likeness (QED) is 0.471. The second-order valence-electron chi connectivity index (χ2n) is 7.61. The summed E-state index contributed by atoms with van der Waals surface area (Å²) in [5.41, 5.74) is 2.10. The number of H-pyrrole nitrogens is 2. The van der Waals surface area contributed by atoms with Crippen molar-refractivity contribution in [2.24, 2.45) is 5.92 Å². The Bertz CT molecular complexity index is 1190. The first-order chi connectivity index (χ1) is 14.0. The van der Waals surface area contributed by atoms with Gasteiger partial charge in [0, 0.05) is 5.39 Å². The smallest absolute Gasteiger partial charge is 0.272 e. The third-order valence-electron chi connectivity index (χ3n) is 4.88. The van der Waals surface area contributed by atoms with Gasteiger partial charge in [-0.2, -0.15) is 5.10 Å². The number of rotatable bonds is 6. The SMILES string of the molecule is CC(C)C[C@@H](NC(=O)Cc1n[nH]c(=O)c2ccccc12)c1nc2ccccc2[nH]1. The van der Waals surface area contributed by atoms with Crippen LogP contribution < -0.4 is 10.9 Å². The molecule has 0 radical (unpaired) electrons. The fourth-order valence-corrected chi connectivity index (χ4v) is 3.55. The van der Waals surface area contributed by atoms with Crippen LogP contribution in [0.25, 0.3) is 21.8 Å². The fourth-order valence-electron chi connectivity index (χ4n) is 3.55. The molecule has 0 spiro atoms. The Kier molecular flexibility index (Phi) is 5.12. The number of aromatic amines is 2. The minimum Gasteiger partial charge on any atom is -0.346 e. The Labute approximate surface area is 167 Å². The molecule has 29 heavy (non-hydrogen) atoms. The molecule has 2 aromatic heterocycles. The van der Waals surface area contributed by atoms with Gasteiger partial charge in [0.1, 0.15) is 5.82 Å². The zero-order valence-corrected chi connectivity index (χ0v) is 16.4. The number of amides is 1. The first-order valence-corrected chi connectivity index (χ1v) is 9.71. The zero-order valence-electron chi connectivity index (χ0n) is 16.4. The summed E-state index contributed by atoms with van der Waals surface area (Å²) in [6.07, 6.45) is 0.831. The molecule has 0 aliphatic rings. The highest BCUT2D eigenvalue weighted by Crippen LogP contribution is 2.22. The topological polar surface area (TPSA) is 104 Å². The van der Waals surface area contributed by atoms with Crippen molar-refractivity contribution in [3.8, 4) is 0 Å². The van der Waals surface area contributed by atoms with Crippen molar-refractivity contribution in [1.29, 1.82) is 0 Å². The average molecular weight is 389 g/mol. The van der Waals surface area contributed by atoms with Crippen LogP contribution in [0, 0.1) is 5.92 Å². The van der Waals surface area contributed by atoms with Crippen molar-refractivity contribution in [2.75, 3.05) is 0 Å². The largest absolute Gasteiger partial charge is 0.346 e. The Morgan fingerprint density at radius 2 is 1.79 bits per heavy atom. The minimum atomic E-state index is -0.260. The zero-order chi connectivity index (χ0) is 20.4. The molecule has 0 unspecified atom stereocenters. The number of nitrogens with one attached hydrogen (secondary N) is 3. The lowest BCUT2D eigenvalue weighted by Crippen LogP contribution is -2.32. The number of carbonyl (C=O) groups excluding carboxylic acids is 1. The maximum atomic E-state index is 12.8. The highest BCUT2D eigenvalue weighted by molar-refractivity contribution is 5.88. The molecule has 0 bridgehead atoms. The molecule has 3 N–H and O–H groups in total. The molecule has 7 nitrogen and oxygen atoms in total. The average Bonchev–Trinajstić information content (AvgIpc) is 3.14. The maximum absolute atomic E-state index is 12.8. The van der Waals surface area contributed by atoms with Gasteiger partial charge >= 0.3 is 0 Å². The van der Waals surface area contributed by atoms with Crippen molar-refractivity contribution >= 4 is 27.7 Å². The summed E-state index contributed by atoms with van der Waals surface area (Å²) in [5.74, 6) is 0.953. The van der Waals surface area contributed by atoms with E-state index < -0.39 is 0 Å². The predicted molar refractivity (Wildman–Crippen MR) is 113 cm³/mol. The standard InChI is InChI=1S/C22H23N5O2/c1-13(2)11-19(21-24-16-9-5-6-10-17(16)25-21)23-20(28)12-18-14-7-3-4-8-15(14)22(29)27-26-18/h3-10,13,19H,11-12H2,1-2H3,(H,23,28)(H,24,25)(H,27,29)/t19-/m1/s1. The molecule has 0 fully saturated rings. The fraction of sp³-hybridized carbons (Fsp3) is 0.273. The molecule has 0 aliphatic heterocycles. The van der Waals surface area contributed by atoms with Gasteiger partial charge in [-0.05, 0) is 30.5 Å². The van der Waals surface area contributed by atoms with E-state index in [2.05, 4.69) is 39.3 Å². The van der Waals surface area contributed by atoms with Gasteiger partial charge in [0.25, 0.3) is 5.56 Å². The van der Waals surface area contributed by atoms with Crippen LogP contribution in [0.2, 0.25) is 0 Å². The number of hydrogen-bond donors (Lipinski definition) is 3. The molecule has 4 aromatic rings. The lowest BCUT2D eigenvalue weighted by molar-refractivity contribution is -0.121. The van der Waals surface area contributed by atoms with Gasteiger partial charge in [0.15, 0.2) is 0 Å². The highest BCUT2D eigenvalue weighted by Gasteiger charge is 2.21. The lowest BCUT2D eigenvalue weighted by atomic mass is 10.0. The van der Waals surface area contributed by atoms with E-state index in [-0.39, 0.29) is 23.9 Å². The molecule has 7 heteroatoms. The molecule has 2 heterocycles. The third-order valence-corrected chi connectivity index (χ3v) is 4.88. The van der Waals surface area contributed by atoms with E-state index in [4.69, 9.17) is 0 Å². The minimum absolute atomic E-state index is 0.0755. The van der Waals surface area contributed by atoms with E-state index in [1.54, 1.807) is 12.1 Å². The van der Waals surface area contributed by atoms with E-state index in [9.17, 15) is 9.59 Å². The van der Waals surface area contributed by atoms with Crippen LogP contribution in [0.1, 0.15) is 37.8 Å². The maximum Gasteiger partial charge on any atom is 0.272 e. The van der Waals surface area contributed by atoms with Gasteiger partial charge in [0.2, 0.25) is 5.91 Å². The van der Waals surface area contributed by atoms with Gasteiger partial charge in [-0.1, -0.05) is 44.2 Å². The summed E-state index contributed by atoms with van der Waals surface area (Å²) in [5, 5.41) is 10.9. The summed E-state index contributed by atoms with van der Waals surface area (Å²) in [4.78, 5) is 32.8. The first-order valence-electron chi connectivity index (χ1n) is 9.71. The number of imidazole rings is 1. The Balaban J connectivity index is 1.59. The summed E-state index contributed by atoms with van der Waals surface area (Å²) in [6.45, 7) is 4.22. The van der Waals surface area contributed by atoms with Crippen LogP contribution in [0.3, 0.4) is 0 Å². The van der Waals surface area contributed by atoms with Crippen LogP contribution >= 0.6 is 0 Å². The summed E-state index contributed by atoms with van der Waals surface area (Å²) in [7, 11) is 0. The van der Waals surface area contributed by atoms with Crippen LogP contribution in [0.5, 0.6) is 0 Å². The van der Waals surface area contributed by atoms with E-state index in [0.29, 0.717) is 22.4 Å². The van der Waals surface area contributed by atoms with Crippen LogP contribution in [0.15, 0.2) is 53.3 Å². The van der Waals surface area contributed by atoms with Gasteiger partial charge < -0.3 is 10.3 Å². The van der Waals surface area contributed by atoms with Gasteiger partial charge in [-0.3, -0.25) is 9.59 Å². The summed E-state index contributed by atoms with van der Waals surface area (Å²) in [6, 6.07) is 14.7. The van der Waals surface area contributed by atoms with E-state index >= 15 is 0 Å². The lowest BCUT2D eigenvalue weighted by Gasteiger charge is -2.19. The van der Waals surface area contributed by atoms with Gasteiger partial charge in [-0.25, -0.2) is 10.1 Å². The molecule has 0 saturated heterocycles. The van der Waals surface area contributed by atoms with Crippen LogP contribution in [-0.2, 0) is 11.2 Å². The Hall–Kier alpha value is -3.48. The number of nitrogens with zero attached hydrogens (tertiary/aromatic N) is 2. The second-order valence-corrected chi connectivity index (χ2v) is 7.61. The monoisotopic (exact) mass is 389 g/mol. The highest BCUT2D eigenvalue weighted by atomic mass is 16.1. The van der Waals surface area contributed by atoms with E-state index in [0.717, 1.165) is 23.3 Å². The van der Waals surface area contributed by atoms with Crippen molar-refractivity contribution in [2.45, 2.75) is 32.7 Å². The third kappa shape index (κ3) is 4.03. The molecule has 148 valence electrons. The number of para-hydroxylation sites is 2. The van der Waals surface area contributed by atoms with Gasteiger partial charge in [-0.15, -0.1) is 0 Å².